The molecule has 0 saturated carbocycles. The van der Waals surface area contributed by atoms with Gasteiger partial charge >= 0.3 is 0 Å². The lowest BCUT2D eigenvalue weighted by Gasteiger charge is -2.34. The monoisotopic (exact) mass is 514 g/mol. The minimum Gasteiger partial charge on any atom is -0.506 e. The van der Waals surface area contributed by atoms with Crippen LogP contribution in [0.2, 0.25) is 5.02 Å². The number of anilines is 2. The summed E-state index contributed by atoms with van der Waals surface area (Å²) in [7, 11) is -3.77. The minimum absolute atomic E-state index is 0.0350. The number of phenols is 1. The summed E-state index contributed by atoms with van der Waals surface area (Å²) < 4.78 is 48.3. The molecule has 1 unspecified atom stereocenters. The van der Waals surface area contributed by atoms with Gasteiger partial charge in [-0.05, 0) is 48.2 Å². The highest BCUT2D eigenvalue weighted by Gasteiger charge is 2.43. The normalized spacial score (nSPS) is 20.1. The first-order chi connectivity index (χ1) is 16.5. The zero-order chi connectivity index (χ0) is 25.0. The number of phenolic OH excluding ortho intramolecular Hbond substituents is 1. The van der Waals surface area contributed by atoms with Gasteiger partial charge in [0.25, 0.3) is 0 Å². The maximum Gasteiger partial charge on any atom is 0.179 e. The van der Waals surface area contributed by atoms with Crippen molar-refractivity contribution in [3.63, 3.8) is 0 Å². The molecule has 35 heavy (non-hydrogen) atoms. The molecule has 2 heterocycles. The summed E-state index contributed by atoms with van der Waals surface area (Å²) >= 11 is 6.15. The predicted molar refractivity (Wildman–Crippen MR) is 135 cm³/mol. The molecule has 1 atom stereocenters. The first-order valence-electron chi connectivity index (χ1n) is 11.1. The van der Waals surface area contributed by atoms with Crippen molar-refractivity contribution >= 4 is 32.8 Å². The Kier molecular flexibility index (Phi) is 5.68. The Bertz CT molecular complexity index is 1470. The van der Waals surface area contributed by atoms with Crippen LogP contribution in [0.5, 0.6) is 17.2 Å². The lowest BCUT2D eigenvalue weighted by molar-refractivity contribution is 0.400. The van der Waals surface area contributed by atoms with Crippen LogP contribution in [0, 0.1) is 11.2 Å². The molecule has 3 N–H and O–H groups in total. The van der Waals surface area contributed by atoms with Crippen LogP contribution < -0.4 is 15.4 Å². The van der Waals surface area contributed by atoms with E-state index in [-0.39, 0.29) is 27.7 Å². The summed E-state index contributed by atoms with van der Waals surface area (Å²) in [6.45, 7) is 3.74. The van der Waals surface area contributed by atoms with Gasteiger partial charge in [-0.3, -0.25) is 0 Å². The Balaban J connectivity index is 1.62. The lowest BCUT2D eigenvalue weighted by atomic mass is 9.88. The molecule has 2 aliphatic rings. The molecule has 2 aliphatic heterocycles. The average molecular weight is 515 g/mol. The number of fused-ring (bicyclic) bond motifs is 1. The number of aromatic hydroxyl groups is 1. The number of sulfone groups is 1. The molecule has 182 valence electrons. The smallest absolute Gasteiger partial charge is 0.179 e. The van der Waals surface area contributed by atoms with Gasteiger partial charge in [0.05, 0.1) is 27.4 Å². The largest absolute Gasteiger partial charge is 0.506 e. The van der Waals surface area contributed by atoms with Gasteiger partial charge in [-0.25, -0.2) is 12.8 Å². The van der Waals surface area contributed by atoms with Crippen molar-refractivity contribution in [1.82, 2.24) is 0 Å². The quantitative estimate of drug-likeness (QED) is 0.341. The second-order valence-electron chi connectivity index (χ2n) is 9.56. The van der Waals surface area contributed by atoms with E-state index in [1.165, 1.54) is 18.2 Å². The van der Waals surface area contributed by atoms with Gasteiger partial charge in [0.2, 0.25) is 0 Å². The third kappa shape index (κ3) is 4.44. The highest BCUT2D eigenvalue weighted by Crippen LogP contribution is 2.48. The van der Waals surface area contributed by atoms with E-state index in [4.69, 9.17) is 16.3 Å². The van der Waals surface area contributed by atoms with Crippen LogP contribution in [0.15, 0.2) is 71.3 Å². The second-order valence-corrected chi connectivity index (χ2v) is 11.9. The van der Waals surface area contributed by atoms with Gasteiger partial charge in [-0.2, -0.15) is 0 Å². The molecule has 3 aromatic rings. The molecular weight excluding hydrogens is 491 g/mol. The Morgan fingerprint density at radius 3 is 2.63 bits per heavy atom. The molecular formula is C26H24ClFN2O4S. The van der Waals surface area contributed by atoms with Gasteiger partial charge < -0.3 is 20.5 Å². The molecule has 0 fully saturated rings. The van der Waals surface area contributed by atoms with Crippen molar-refractivity contribution in [2.45, 2.75) is 26.3 Å². The number of nitrogens with one attached hydrogen (secondary N) is 2. The SMILES string of the molecule is CC1(C)CC2=C(C(c3ccc(Oc4ccccc4Cl)cc3F)Nc3cccc(O)c3N2)S(=O)(=O)C1. The zero-order valence-electron chi connectivity index (χ0n) is 19.1. The predicted octanol–water partition coefficient (Wildman–Crippen LogP) is 6.61. The fourth-order valence-electron chi connectivity index (χ4n) is 4.70. The van der Waals surface area contributed by atoms with E-state index >= 15 is 4.39 Å². The van der Waals surface area contributed by atoms with Crippen molar-refractivity contribution in [3.8, 4) is 17.2 Å². The fraction of sp³-hybridized carbons (Fsp3) is 0.231. The number of ether oxygens (including phenoxy) is 1. The van der Waals surface area contributed by atoms with E-state index in [1.54, 1.807) is 42.5 Å². The molecule has 0 radical (unpaired) electrons. The maximum atomic E-state index is 15.5. The molecule has 3 aromatic carbocycles. The van der Waals surface area contributed by atoms with Gasteiger partial charge in [0.1, 0.15) is 28.8 Å². The highest BCUT2D eigenvalue weighted by molar-refractivity contribution is 7.95. The molecule has 0 aromatic heterocycles. The van der Waals surface area contributed by atoms with E-state index in [0.717, 1.165) is 0 Å². The van der Waals surface area contributed by atoms with Crippen molar-refractivity contribution < 1.29 is 22.7 Å². The molecule has 0 spiro atoms. The Hall–Kier alpha value is -3.23. The number of allylic oxidation sites excluding steroid dienone is 1. The molecule has 5 rings (SSSR count). The van der Waals surface area contributed by atoms with E-state index in [9.17, 15) is 13.5 Å². The first-order valence-corrected chi connectivity index (χ1v) is 13.1. The standard InChI is InChI=1S/C26H24ClFN2O4S/c1-26(2)13-20-25(35(32,33)14-26)23(29-19-7-5-8-21(31)24(19)30-20)16-11-10-15(12-18(16)28)34-22-9-4-3-6-17(22)27/h3-12,23,29-31H,13-14H2,1-2H3. The van der Waals surface area contributed by atoms with E-state index < -0.39 is 27.1 Å². The van der Waals surface area contributed by atoms with Crippen LogP contribution >= 0.6 is 11.6 Å². The summed E-state index contributed by atoms with van der Waals surface area (Å²) in [6.07, 6.45) is 0.419. The van der Waals surface area contributed by atoms with Gasteiger partial charge in [-0.15, -0.1) is 0 Å². The first kappa shape index (κ1) is 23.5. The zero-order valence-corrected chi connectivity index (χ0v) is 20.7. The van der Waals surface area contributed by atoms with Gasteiger partial charge in [-0.1, -0.05) is 43.6 Å². The Morgan fingerprint density at radius 1 is 1.11 bits per heavy atom. The lowest BCUT2D eigenvalue weighted by Crippen LogP contribution is -2.35. The molecule has 0 bridgehead atoms. The number of hydrogen-bond donors (Lipinski definition) is 3. The number of hydrogen-bond acceptors (Lipinski definition) is 6. The third-order valence-corrected chi connectivity index (χ3v) is 8.72. The van der Waals surface area contributed by atoms with Crippen molar-refractivity contribution in [2.75, 3.05) is 16.4 Å². The highest BCUT2D eigenvalue weighted by atomic mass is 35.5. The summed E-state index contributed by atoms with van der Waals surface area (Å²) in [5.74, 6) is -0.138. The van der Waals surface area contributed by atoms with Crippen molar-refractivity contribution in [3.05, 3.63) is 87.7 Å². The third-order valence-electron chi connectivity index (χ3n) is 6.10. The van der Waals surface area contributed by atoms with Gasteiger partial charge in [0, 0.05) is 17.3 Å². The number of rotatable bonds is 3. The summed E-state index contributed by atoms with van der Waals surface area (Å²) in [4.78, 5) is 0.0751. The van der Waals surface area contributed by atoms with Crippen molar-refractivity contribution in [1.29, 1.82) is 0 Å². The summed E-state index contributed by atoms with van der Waals surface area (Å²) in [6, 6.07) is 15.0. The Labute approximate surface area is 208 Å². The molecule has 9 heteroatoms. The molecule has 0 saturated heterocycles. The second kappa shape index (κ2) is 8.46. The molecule has 6 nitrogen and oxygen atoms in total. The Morgan fingerprint density at radius 2 is 1.89 bits per heavy atom. The van der Waals surface area contributed by atoms with Crippen LogP contribution in [-0.2, 0) is 9.84 Å². The minimum atomic E-state index is -3.77. The van der Waals surface area contributed by atoms with E-state index in [1.807, 2.05) is 13.8 Å². The van der Waals surface area contributed by atoms with Crippen LogP contribution in [0.3, 0.4) is 0 Å². The van der Waals surface area contributed by atoms with Gasteiger partial charge in [0.15, 0.2) is 9.84 Å². The molecule has 0 amide bonds. The topological polar surface area (TPSA) is 87.7 Å². The average Bonchev–Trinajstić information content (AvgIpc) is 2.92. The van der Waals surface area contributed by atoms with Crippen LogP contribution in [0.1, 0.15) is 31.9 Å². The number of para-hydroxylation sites is 2. The van der Waals surface area contributed by atoms with Crippen LogP contribution in [0.25, 0.3) is 0 Å². The van der Waals surface area contributed by atoms with Crippen LogP contribution in [-0.4, -0.2) is 19.3 Å². The number of halogens is 2. The summed E-state index contributed by atoms with van der Waals surface area (Å²) in [5, 5.41) is 17.1. The van der Waals surface area contributed by atoms with E-state index in [2.05, 4.69) is 10.6 Å². The van der Waals surface area contributed by atoms with E-state index in [0.29, 0.717) is 34.3 Å². The number of benzene rings is 3. The maximum absolute atomic E-state index is 15.5. The molecule has 0 aliphatic carbocycles. The van der Waals surface area contributed by atoms with Crippen LogP contribution in [0.4, 0.5) is 15.8 Å². The van der Waals surface area contributed by atoms with Crippen molar-refractivity contribution in [2.24, 2.45) is 5.41 Å². The summed E-state index contributed by atoms with van der Waals surface area (Å²) in [5.41, 5.74) is 0.873. The fourth-order valence-corrected chi connectivity index (χ4v) is 7.20.